The fourth-order valence-corrected chi connectivity index (χ4v) is 1.99. The van der Waals surface area contributed by atoms with Gasteiger partial charge in [-0.25, -0.2) is 18.9 Å². The van der Waals surface area contributed by atoms with Crippen LogP contribution in [-0.2, 0) is 19.4 Å². The van der Waals surface area contributed by atoms with Crippen molar-refractivity contribution in [1.82, 2.24) is 14.8 Å². The van der Waals surface area contributed by atoms with Gasteiger partial charge in [0.2, 0.25) is 0 Å². The molecule has 6 heteroatoms. The minimum atomic E-state index is -1.27. The Kier molecular flexibility index (Phi) is 4.12. The summed E-state index contributed by atoms with van der Waals surface area (Å²) in [6, 6.07) is 4.35. The standard InChI is InChI=1S/C14H16FN3O2/c1-3-11-16-12(4-2)18(17-11)8-9-6-5-7-10(13(9)15)14(19)20/h5-7H,3-4,8H2,1-2H3,(H,19,20). The Morgan fingerprint density at radius 3 is 2.70 bits per heavy atom. The number of aryl methyl sites for hydroxylation is 2. The highest BCUT2D eigenvalue weighted by Gasteiger charge is 2.15. The highest BCUT2D eigenvalue weighted by molar-refractivity contribution is 5.88. The van der Waals surface area contributed by atoms with E-state index in [1.165, 1.54) is 12.1 Å². The van der Waals surface area contributed by atoms with Crippen molar-refractivity contribution in [3.8, 4) is 0 Å². The molecule has 0 aliphatic heterocycles. The van der Waals surface area contributed by atoms with Crippen molar-refractivity contribution in [2.45, 2.75) is 33.2 Å². The van der Waals surface area contributed by atoms with Crippen LogP contribution in [0.25, 0.3) is 0 Å². The SMILES string of the molecule is CCc1nc(CC)n(Cc2cccc(C(=O)O)c2F)n1. The first-order chi connectivity index (χ1) is 9.56. The summed E-state index contributed by atoms with van der Waals surface area (Å²) in [7, 11) is 0. The Hall–Kier alpha value is -2.24. The summed E-state index contributed by atoms with van der Waals surface area (Å²) in [6.07, 6.45) is 1.39. The Morgan fingerprint density at radius 1 is 1.35 bits per heavy atom. The molecule has 0 aliphatic rings. The highest BCUT2D eigenvalue weighted by atomic mass is 19.1. The lowest BCUT2D eigenvalue weighted by Gasteiger charge is -2.07. The molecule has 106 valence electrons. The molecule has 0 saturated carbocycles. The van der Waals surface area contributed by atoms with E-state index >= 15 is 0 Å². The number of benzene rings is 1. The fourth-order valence-electron chi connectivity index (χ4n) is 1.99. The van der Waals surface area contributed by atoms with Gasteiger partial charge >= 0.3 is 5.97 Å². The molecule has 0 fully saturated rings. The summed E-state index contributed by atoms with van der Waals surface area (Å²) in [6.45, 7) is 4.08. The topological polar surface area (TPSA) is 68.0 Å². The number of aromatic carboxylic acids is 1. The van der Waals surface area contributed by atoms with Gasteiger partial charge in [-0.05, 0) is 6.07 Å². The number of hydrogen-bond donors (Lipinski definition) is 1. The van der Waals surface area contributed by atoms with E-state index in [1.807, 2.05) is 13.8 Å². The third-order valence-electron chi connectivity index (χ3n) is 3.05. The molecule has 0 saturated heterocycles. The number of carbonyl (C=O) groups is 1. The molecule has 1 aromatic heterocycles. The van der Waals surface area contributed by atoms with Gasteiger partial charge < -0.3 is 5.11 Å². The maximum atomic E-state index is 14.1. The van der Waals surface area contributed by atoms with Gasteiger partial charge in [0.15, 0.2) is 5.82 Å². The van der Waals surface area contributed by atoms with E-state index in [1.54, 1.807) is 10.7 Å². The lowest BCUT2D eigenvalue weighted by Crippen LogP contribution is -2.10. The van der Waals surface area contributed by atoms with Crippen LogP contribution in [0.15, 0.2) is 18.2 Å². The first kappa shape index (κ1) is 14.2. The smallest absolute Gasteiger partial charge is 0.338 e. The minimum absolute atomic E-state index is 0.184. The van der Waals surface area contributed by atoms with Gasteiger partial charge in [-0.15, -0.1) is 0 Å². The molecular weight excluding hydrogens is 261 g/mol. The van der Waals surface area contributed by atoms with E-state index in [9.17, 15) is 9.18 Å². The van der Waals surface area contributed by atoms with Crippen LogP contribution in [0.4, 0.5) is 4.39 Å². The van der Waals surface area contributed by atoms with Crippen LogP contribution in [0.1, 0.15) is 41.4 Å². The largest absolute Gasteiger partial charge is 0.478 e. The van der Waals surface area contributed by atoms with Crippen molar-refractivity contribution in [1.29, 1.82) is 0 Å². The molecule has 2 rings (SSSR count). The monoisotopic (exact) mass is 277 g/mol. The maximum absolute atomic E-state index is 14.1. The van der Waals surface area contributed by atoms with Crippen molar-refractivity contribution in [2.75, 3.05) is 0 Å². The quantitative estimate of drug-likeness (QED) is 0.910. The van der Waals surface area contributed by atoms with Crippen molar-refractivity contribution in [3.05, 3.63) is 46.8 Å². The van der Waals surface area contributed by atoms with Crippen LogP contribution >= 0.6 is 0 Å². The molecule has 0 amide bonds. The first-order valence-corrected chi connectivity index (χ1v) is 6.50. The van der Waals surface area contributed by atoms with Gasteiger partial charge in [0.1, 0.15) is 11.6 Å². The molecule has 0 radical (unpaired) electrons. The van der Waals surface area contributed by atoms with Crippen LogP contribution in [-0.4, -0.2) is 25.8 Å². The average molecular weight is 277 g/mol. The first-order valence-electron chi connectivity index (χ1n) is 6.50. The molecule has 0 aliphatic carbocycles. The van der Waals surface area contributed by atoms with E-state index in [4.69, 9.17) is 5.11 Å². The third-order valence-corrected chi connectivity index (χ3v) is 3.05. The Morgan fingerprint density at radius 2 is 2.10 bits per heavy atom. The van der Waals surface area contributed by atoms with E-state index in [0.717, 1.165) is 5.82 Å². The van der Waals surface area contributed by atoms with E-state index in [2.05, 4.69) is 10.1 Å². The van der Waals surface area contributed by atoms with Crippen LogP contribution in [0, 0.1) is 5.82 Å². The lowest BCUT2D eigenvalue weighted by molar-refractivity contribution is 0.0691. The average Bonchev–Trinajstić information content (AvgIpc) is 2.83. The van der Waals surface area contributed by atoms with Crippen LogP contribution in [0.5, 0.6) is 0 Å². The van der Waals surface area contributed by atoms with Crippen LogP contribution in [0.2, 0.25) is 0 Å². The second-order valence-corrected chi connectivity index (χ2v) is 4.39. The number of carboxylic acid groups (broad SMARTS) is 1. The van der Waals surface area contributed by atoms with Crippen molar-refractivity contribution in [3.63, 3.8) is 0 Å². The van der Waals surface area contributed by atoms with Crippen molar-refractivity contribution < 1.29 is 14.3 Å². The second kappa shape index (κ2) is 5.81. The molecule has 0 atom stereocenters. The molecule has 2 aromatic rings. The molecule has 0 unspecified atom stereocenters. The summed E-state index contributed by atoms with van der Waals surface area (Å²) in [5.74, 6) is -0.512. The molecular formula is C14H16FN3O2. The van der Waals surface area contributed by atoms with Gasteiger partial charge in [-0.1, -0.05) is 26.0 Å². The van der Waals surface area contributed by atoms with Gasteiger partial charge in [0.05, 0.1) is 12.1 Å². The lowest BCUT2D eigenvalue weighted by atomic mass is 10.1. The Labute approximate surface area is 116 Å². The number of halogens is 1. The maximum Gasteiger partial charge on any atom is 0.338 e. The highest BCUT2D eigenvalue weighted by Crippen LogP contribution is 2.15. The second-order valence-electron chi connectivity index (χ2n) is 4.39. The number of carboxylic acids is 1. The van der Waals surface area contributed by atoms with Crippen molar-refractivity contribution in [2.24, 2.45) is 0 Å². The Balaban J connectivity index is 2.37. The summed E-state index contributed by atoms with van der Waals surface area (Å²) >= 11 is 0. The predicted molar refractivity (Wildman–Crippen MR) is 71.2 cm³/mol. The zero-order valence-electron chi connectivity index (χ0n) is 11.4. The van der Waals surface area contributed by atoms with Crippen LogP contribution in [0.3, 0.4) is 0 Å². The van der Waals surface area contributed by atoms with Gasteiger partial charge in [-0.2, -0.15) is 5.10 Å². The number of rotatable bonds is 5. The zero-order valence-corrected chi connectivity index (χ0v) is 11.4. The normalized spacial score (nSPS) is 10.8. The minimum Gasteiger partial charge on any atom is -0.478 e. The third kappa shape index (κ3) is 2.68. The van der Waals surface area contributed by atoms with Crippen LogP contribution < -0.4 is 0 Å². The molecule has 0 bridgehead atoms. The van der Waals surface area contributed by atoms with Crippen molar-refractivity contribution >= 4 is 5.97 Å². The molecule has 0 spiro atoms. The molecule has 1 heterocycles. The van der Waals surface area contributed by atoms with Gasteiger partial charge in [0, 0.05) is 18.4 Å². The van der Waals surface area contributed by atoms with E-state index in [0.29, 0.717) is 24.2 Å². The van der Waals surface area contributed by atoms with Gasteiger partial charge in [-0.3, -0.25) is 0 Å². The van der Waals surface area contributed by atoms with E-state index < -0.39 is 11.8 Å². The van der Waals surface area contributed by atoms with Gasteiger partial charge in [0.25, 0.3) is 0 Å². The Bertz CT molecular complexity index is 637. The number of aromatic nitrogens is 3. The summed E-state index contributed by atoms with van der Waals surface area (Å²) in [5, 5.41) is 13.2. The summed E-state index contributed by atoms with van der Waals surface area (Å²) < 4.78 is 15.7. The number of nitrogens with zero attached hydrogens (tertiary/aromatic N) is 3. The number of hydrogen-bond acceptors (Lipinski definition) is 3. The summed E-state index contributed by atoms with van der Waals surface area (Å²) in [4.78, 5) is 15.3. The van der Waals surface area contributed by atoms with E-state index in [-0.39, 0.29) is 12.1 Å². The fraction of sp³-hybridized carbons (Fsp3) is 0.357. The zero-order chi connectivity index (χ0) is 14.7. The summed E-state index contributed by atoms with van der Waals surface area (Å²) in [5.41, 5.74) is -0.0245. The molecule has 20 heavy (non-hydrogen) atoms. The molecule has 5 nitrogen and oxygen atoms in total. The molecule has 1 aromatic carbocycles. The predicted octanol–water partition coefficient (Wildman–Crippen LogP) is 2.29. The molecule has 1 N–H and O–H groups in total.